The lowest BCUT2D eigenvalue weighted by molar-refractivity contribution is -0.103. The van der Waals surface area contributed by atoms with Gasteiger partial charge in [-0.3, -0.25) is 0 Å². The van der Waals surface area contributed by atoms with Gasteiger partial charge in [0.2, 0.25) is 0 Å². The summed E-state index contributed by atoms with van der Waals surface area (Å²) in [5, 5.41) is 22.4. The highest BCUT2D eigenvalue weighted by atomic mass is 16.5. The highest BCUT2D eigenvalue weighted by molar-refractivity contribution is 5.41. The van der Waals surface area contributed by atoms with Crippen molar-refractivity contribution in [2.45, 2.75) is 82.8 Å². The molecule has 0 radical (unpaired) electrons. The zero-order valence-electron chi connectivity index (χ0n) is 16.5. The summed E-state index contributed by atoms with van der Waals surface area (Å²) in [7, 11) is 1.73. The lowest BCUT2D eigenvalue weighted by atomic mass is 9.55. The minimum Gasteiger partial charge on any atom is -0.497 e. The van der Waals surface area contributed by atoms with E-state index in [2.05, 4.69) is 32.0 Å². The van der Waals surface area contributed by atoms with E-state index in [-0.39, 0.29) is 5.41 Å². The van der Waals surface area contributed by atoms with E-state index < -0.39 is 11.7 Å². The molecule has 0 aliphatic heterocycles. The number of ether oxygens (including phenoxy) is 1. The van der Waals surface area contributed by atoms with E-state index in [9.17, 15) is 10.2 Å². The van der Waals surface area contributed by atoms with Crippen LogP contribution in [0.3, 0.4) is 0 Å². The molecule has 0 aromatic heterocycles. The molecule has 3 heteroatoms. The number of aryl methyl sites for hydroxylation is 1. The Kier molecular flexibility index (Phi) is 4.60. The minimum absolute atomic E-state index is 0.131. The summed E-state index contributed by atoms with van der Waals surface area (Å²) in [6.07, 6.45) is 7.39. The molecule has 144 valence electrons. The number of benzene rings is 1. The van der Waals surface area contributed by atoms with Crippen LogP contribution in [0.2, 0.25) is 0 Å². The monoisotopic (exact) mass is 358 g/mol. The zero-order valence-corrected chi connectivity index (χ0v) is 16.5. The van der Waals surface area contributed by atoms with Crippen LogP contribution in [0, 0.1) is 17.3 Å². The van der Waals surface area contributed by atoms with Crippen molar-refractivity contribution in [1.82, 2.24) is 0 Å². The maximum atomic E-state index is 11.3. The number of fused-ring (bicyclic) bond motifs is 5. The molecule has 0 spiro atoms. The van der Waals surface area contributed by atoms with Crippen LogP contribution in [0.5, 0.6) is 5.75 Å². The summed E-state index contributed by atoms with van der Waals surface area (Å²) in [4.78, 5) is 0. The molecule has 0 amide bonds. The average molecular weight is 359 g/mol. The second-order valence-corrected chi connectivity index (χ2v) is 9.34. The quantitative estimate of drug-likeness (QED) is 0.836. The molecule has 26 heavy (non-hydrogen) atoms. The van der Waals surface area contributed by atoms with Crippen molar-refractivity contribution in [2.24, 2.45) is 17.3 Å². The van der Waals surface area contributed by atoms with Crippen molar-refractivity contribution in [1.29, 1.82) is 0 Å². The molecule has 6 atom stereocenters. The lowest BCUT2D eigenvalue weighted by Crippen LogP contribution is -2.47. The third-order valence-electron chi connectivity index (χ3n) is 8.04. The van der Waals surface area contributed by atoms with Gasteiger partial charge in [0, 0.05) is 0 Å². The van der Waals surface area contributed by atoms with E-state index >= 15 is 0 Å². The van der Waals surface area contributed by atoms with Crippen LogP contribution in [0.4, 0.5) is 0 Å². The Labute approximate surface area is 157 Å². The minimum atomic E-state index is -0.884. The number of aliphatic hydroxyl groups excluding tert-OH is 1. The molecule has 2 saturated carbocycles. The van der Waals surface area contributed by atoms with Crippen molar-refractivity contribution in [3.63, 3.8) is 0 Å². The first kappa shape index (κ1) is 18.3. The van der Waals surface area contributed by atoms with Crippen molar-refractivity contribution in [2.75, 3.05) is 7.11 Å². The molecule has 0 heterocycles. The summed E-state index contributed by atoms with van der Waals surface area (Å²) >= 11 is 0. The molecule has 6 unspecified atom stereocenters. The van der Waals surface area contributed by atoms with E-state index in [1.807, 2.05) is 0 Å². The van der Waals surface area contributed by atoms with Crippen LogP contribution in [0.1, 0.15) is 75.8 Å². The summed E-state index contributed by atoms with van der Waals surface area (Å²) in [5.41, 5.74) is 1.91. The SMILES string of the molecule is CCCCC1(O)CC2C3CCc4cc(OC)ccc4C3CCC2(C)C1O. The van der Waals surface area contributed by atoms with Crippen molar-refractivity contribution in [3.05, 3.63) is 29.3 Å². The first-order valence-electron chi connectivity index (χ1n) is 10.5. The van der Waals surface area contributed by atoms with Gasteiger partial charge in [0.15, 0.2) is 0 Å². The van der Waals surface area contributed by atoms with E-state index in [4.69, 9.17) is 4.74 Å². The molecular formula is C23H34O3. The average Bonchev–Trinajstić information content (AvgIpc) is 2.87. The van der Waals surface area contributed by atoms with Crippen molar-refractivity contribution >= 4 is 0 Å². The molecule has 2 fully saturated rings. The number of unbranched alkanes of at least 4 members (excludes halogenated alkanes) is 1. The fraction of sp³-hybridized carbons (Fsp3) is 0.739. The fourth-order valence-corrected chi connectivity index (χ4v) is 6.59. The largest absolute Gasteiger partial charge is 0.497 e. The molecule has 2 N–H and O–H groups in total. The van der Waals surface area contributed by atoms with Gasteiger partial charge in [-0.15, -0.1) is 0 Å². The summed E-state index contributed by atoms with van der Waals surface area (Å²) in [6.45, 7) is 4.40. The maximum Gasteiger partial charge on any atom is 0.119 e. The molecule has 3 nitrogen and oxygen atoms in total. The molecule has 3 aliphatic carbocycles. The molecule has 4 rings (SSSR count). The van der Waals surface area contributed by atoms with E-state index in [0.29, 0.717) is 17.8 Å². The molecule has 3 aliphatic rings. The van der Waals surface area contributed by atoms with Gasteiger partial charge in [0.25, 0.3) is 0 Å². The first-order valence-corrected chi connectivity index (χ1v) is 10.5. The smallest absolute Gasteiger partial charge is 0.119 e. The third kappa shape index (κ3) is 2.62. The molecular weight excluding hydrogens is 324 g/mol. The van der Waals surface area contributed by atoms with E-state index in [1.54, 1.807) is 7.11 Å². The highest BCUT2D eigenvalue weighted by Gasteiger charge is 2.62. The van der Waals surface area contributed by atoms with Gasteiger partial charge >= 0.3 is 0 Å². The number of aliphatic hydroxyl groups is 2. The highest BCUT2D eigenvalue weighted by Crippen LogP contribution is 2.63. The maximum absolute atomic E-state index is 11.3. The van der Waals surface area contributed by atoms with Gasteiger partial charge in [0.1, 0.15) is 5.75 Å². The Bertz CT molecular complexity index is 671. The Balaban J connectivity index is 1.63. The standard InChI is InChI=1S/C23H34O3/c1-4-5-11-23(25)14-20-19-8-6-15-13-16(26-3)7-9-17(15)18(19)10-12-22(20,2)21(23)24/h7,9,13,18-21,24-25H,4-6,8,10-12,14H2,1-3H3. The van der Waals surface area contributed by atoms with Crippen LogP contribution in [0.25, 0.3) is 0 Å². The molecule has 1 aromatic carbocycles. The number of methoxy groups -OCH3 is 1. The normalized spacial score (nSPS) is 41.3. The van der Waals surface area contributed by atoms with Crippen LogP contribution in [0.15, 0.2) is 18.2 Å². The van der Waals surface area contributed by atoms with E-state index in [1.165, 1.54) is 17.5 Å². The van der Waals surface area contributed by atoms with E-state index in [0.717, 1.165) is 50.7 Å². The van der Waals surface area contributed by atoms with Crippen molar-refractivity contribution < 1.29 is 14.9 Å². The number of hydrogen-bond acceptors (Lipinski definition) is 3. The van der Waals surface area contributed by atoms with Crippen LogP contribution in [-0.4, -0.2) is 29.0 Å². The predicted octanol–water partition coefficient (Wildman–Crippen LogP) is 4.44. The molecule has 1 aromatic rings. The second kappa shape index (κ2) is 6.53. The van der Waals surface area contributed by atoms with Crippen LogP contribution < -0.4 is 4.74 Å². The summed E-state index contributed by atoms with van der Waals surface area (Å²) in [5.74, 6) is 2.53. The Hall–Kier alpha value is -1.06. The zero-order chi connectivity index (χ0) is 18.5. The third-order valence-corrected chi connectivity index (χ3v) is 8.04. The summed E-state index contributed by atoms with van der Waals surface area (Å²) < 4.78 is 5.41. The first-order chi connectivity index (χ1) is 12.4. The number of rotatable bonds is 4. The summed E-state index contributed by atoms with van der Waals surface area (Å²) in [6, 6.07) is 6.57. The van der Waals surface area contributed by atoms with Crippen LogP contribution in [-0.2, 0) is 6.42 Å². The van der Waals surface area contributed by atoms with Crippen molar-refractivity contribution in [3.8, 4) is 5.75 Å². The molecule has 0 saturated heterocycles. The van der Waals surface area contributed by atoms with Gasteiger partial charge in [-0.25, -0.2) is 0 Å². The topological polar surface area (TPSA) is 49.7 Å². The van der Waals surface area contributed by atoms with Crippen LogP contribution >= 0.6 is 0 Å². The Morgan fingerprint density at radius 3 is 2.81 bits per heavy atom. The lowest BCUT2D eigenvalue weighted by Gasteiger charge is -2.50. The number of hydrogen-bond donors (Lipinski definition) is 2. The van der Waals surface area contributed by atoms with Gasteiger partial charge < -0.3 is 14.9 Å². The Morgan fingerprint density at radius 1 is 1.27 bits per heavy atom. The predicted molar refractivity (Wildman–Crippen MR) is 103 cm³/mol. The van der Waals surface area contributed by atoms with Gasteiger partial charge in [0.05, 0.1) is 18.8 Å². The molecule has 0 bridgehead atoms. The van der Waals surface area contributed by atoms with Gasteiger partial charge in [-0.2, -0.15) is 0 Å². The second-order valence-electron chi connectivity index (χ2n) is 9.34. The van der Waals surface area contributed by atoms with Gasteiger partial charge in [-0.1, -0.05) is 32.8 Å². The fourth-order valence-electron chi connectivity index (χ4n) is 6.59. The Morgan fingerprint density at radius 2 is 2.08 bits per heavy atom. The van der Waals surface area contributed by atoms with Gasteiger partial charge in [-0.05, 0) is 85.0 Å².